The van der Waals surface area contributed by atoms with E-state index in [0.717, 1.165) is 29.5 Å². The summed E-state index contributed by atoms with van der Waals surface area (Å²) in [7, 11) is 0. The van der Waals surface area contributed by atoms with Crippen LogP contribution in [0.3, 0.4) is 0 Å². The van der Waals surface area contributed by atoms with Gasteiger partial charge in [0.15, 0.2) is 0 Å². The van der Waals surface area contributed by atoms with Crippen LogP contribution in [0.15, 0.2) is 38.4 Å². The van der Waals surface area contributed by atoms with Crippen LogP contribution in [0.2, 0.25) is 0 Å². The van der Waals surface area contributed by atoms with Crippen LogP contribution in [0.4, 0.5) is 5.69 Å². The van der Waals surface area contributed by atoms with Gasteiger partial charge in [-0.2, -0.15) is 0 Å². The van der Waals surface area contributed by atoms with E-state index in [4.69, 9.17) is 4.42 Å². The molecule has 1 aliphatic rings. The van der Waals surface area contributed by atoms with E-state index in [2.05, 4.69) is 36.8 Å². The fourth-order valence-electron chi connectivity index (χ4n) is 2.17. The third kappa shape index (κ3) is 4.08. The van der Waals surface area contributed by atoms with Crippen LogP contribution in [0.1, 0.15) is 24.8 Å². The maximum atomic E-state index is 11.9. The van der Waals surface area contributed by atoms with Crippen molar-refractivity contribution in [3.05, 3.63) is 34.6 Å². The van der Waals surface area contributed by atoms with Crippen LogP contribution < -0.4 is 10.6 Å². The van der Waals surface area contributed by atoms with Gasteiger partial charge in [0.05, 0.1) is 11.8 Å². The Kier molecular flexibility index (Phi) is 5.12. The van der Waals surface area contributed by atoms with E-state index in [1.54, 1.807) is 0 Å². The van der Waals surface area contributed by atoms with Gasteiger partial charge >= 0.3 is 0 Å². The number of rotatable bonds is 5. The Balaban J connectivity index is 1.49. The third-order valence-electron chi connectivity index (χ3n) is 3.24. The van der Waals surface area contributed by atoms with Crippen LogP contribution in [0.25, 0.3) is 0 Å². The zero-order valence-corrected chi connectivity index (χ0v) is 14.1. The molecule has 8 heteroatoms. The predicted octanol–water partition coefficient (Wildman–Crippen LogP) is 2.99. The molecule has 1 fully saturated rings. The molecule has 1 aromatic heterocycles. The largest absolute Gasteiger partial charge is 0.414 e. The van der Waals surface area contributed by atoms with Crippen molar-refractivity contribution in [3.8, 4) is 0 Å². The van der Waals surface area contributed by atoms with E-state index in [1.807, 2.05) is 24.3 Å². The molecule has 1 atom stereocenters. The second-order valence-electron chi connectivity index (χ2n) is 4.90. The predicted molar refractivity (Wildman–Crippen MR) is 87.8 cm³/mol. The summed E-state index contributed by atoms with van der Waals surface area (Å²) in [6, 6.07) is 7.58. The lowest BCUT2D eigenvalue weighted by Gasteiger charge is -2.04. The van der Waals surface area contributed by atoms with Gasteiger partial charge in [0.2, 0.25) is 11.8 Å². The highest BCUT2D eigenvalue weighted by Crippen LogP contribution is 2.25. The molecule has 1 saturated heterocycles. The fourth-order valence-corrected chi connectivity index (χ4v) is 3.01. The Morgan fingerprint density at radius 1 is 1.41 bits per heavy atom. The maximum absolute atomic E-state index is 11.9. The minimum Gasteiger partial charge on any atom is -0.414 e. The summed E-state index contributed by atoms with van der Waals surface area (Å²) in [6.07, 6.45) is 2.13. The molecule has 3 rings (SSSR count). The highest BCUT2D eigenvalue weighted by atomic mass is 79.9. The van der Waals surface area contributed by atoms with Crippen molar-refractivity contribution in [2.75, 3.05) is 17.6 Å². The second-order valence-corrected chi connectivity index (χ2v) is 6.74. The van der Waals surface area contributed by atoms with Crippen LogP contribution >= 0.6 is 27.7 Å². The van der Waals surface area contributed by atoms with Crippen LogP contribution in [-0.2, 0) is 4.79 Å². The Morgan fingerprint density at radius 2 is 2.23 bits per heavy atom. The molecular weight excluding hydrogens is 368 g/mol. The minimum absolute atomic E-state index is 0.105. The number of halogens is 1. The normalized spacial score (nSPS) is 17.6. The number of anilines is 1. The Morgan fingerprint density at radius 3 is 2.95 bits per heavy atom. The molecule has 0 bridgehead atoms. The summed E-state index contributed by atoms with van der Waals surface area (Å²) in [4.78, 5) is 11.9. The molecule has 0 radical (unpaired) electrons. The number of nitrogens with one attached hydrogen (secondary N) is 2. The molecule has 116 valence electrons. The standard InChI is InChI=1S/C14H15BrN4O2S/c15-9-3-5-10(6-4-9)17-12(20)8-22-14-19-18-13(21-14)11-2-1-7-16-11/h3-6,11,16H,1-2,7-8H2,(H,17,20)/t11-/m1/s1. The number of nitrogens with zero attached hydrogens (tertiary/aromatic N) is 2. The highest BCUT2D eigenvalue weighted by Gasteiger charge is 2.22. The summed E-state index contributed by atoms with van der Waals surface area (Å²) in [5, 5.41) is 14.5. The molecule has 6 nitrogen and oxygen atoms in total. The van der Waals surface area contributed by atoms with E-state index >= 15 is 0 Å². The number of carbonyl (C=O) groups excluding carboxylic acids is 1. The number of benzene rings is 1. The number of hydrogen-bond acceptors (Lipinski definition) is 6. The van der Waals surface area contributed by atoms with Crippen molar-refractivity contribution >= 4 is 39.3 Å². The average Bonchev–Trinajstić information content (AvgIpc) is 3.18. The summed E-state index contributed by atoms with van der Waals surface area (Å²) in [5.74, 6) is 0.731. The van der Waals surface area contributed by atoms with Gasteiger partial charge in [-0.1, -0.05) is 27.7 Å². The van der Waals surface area contributed by atoms with Crippen LogP contribution in [-0.4, -0.2) is 28.4 Å². The fraction of sp³-hybridized carbons (Fsp3) is 0.357. The average molecular weight is 383 g/mol. The van der Waals surface area contributed by atoms with Crippen molar-refractivity contribution in [3.63, 3.8) is 0 Å². The minimum atomic E-state index is -0.105. The molecule has 1 amide bonds. The first-order valence-electron chi connectivity index (χ1n) is 6.96. The van der Waals surface area contributed by atoms with E-state index in [-0.39, 0.29) is 17.7 Å². The first-order valence-corrected chi connectivity index (χ1v) is 8.73. The van der Waals surface area contributed by atoms with Gasteiger partial charge in [-0.05, 0) is 43.7 Å². The zero-order chi connectivity index (χ0) is 15.4. The summed E-state index contributed by atoms with van der Waals surface area (Å²) in [6.45, 7) is 0.977. The van der Waals surface area contributed by atoms with Gasteiger partial charge < -0.3 is 15.1 Å². The smallest absolute Gasteiger partial charge is 0.277 e. The molecular formula is C14H15BrN4O2S. The summed E-state index contributed by atoms with van der Waals surface area (Å²) >= 11 is 4.59. The second kappa shape index (κ2) is 7.26. The van der Waals surface area contributed by atoms with Gasteiger partial charge in [-0.3, -0.25) is 4.79 Å². The Bertz CT molecular complexity index is 641. The molecule has 2 aromatic rings. The van der Waals surface area contributed by atoms with Gasteiger partial charge in [-0.25, -0.2) is 0 Å². The van der Waals surface area contributed by atoms with Gasteiger partial charge in [0, 0.05) is 10.2 Å². The lowest BCUT2D eigenvalue weighted by Crippen LogP contribution is -2.13. The lowest BCUT2D eigenvalue weighted by atomic mass is 10.2. The quantitative estimate of drug-likeness (QED) is 0.773. The molecule has 2 N–H and O–H groups in total. The summed E-state index contributed by atoms with van der Waals surface area (Å²) in [5.41, 5.74) is 0.759. The molecule has 0 unspecified atom stereocenters. The van der Waals surface area contributed by atoms with Crippen molar-refractivity contribution in [1.29, 1.82) is 0 Å². The number of hydrogen-bond donors (Lipinski definition) is 2. The van der Waals surface area contributed by atoms with Gasteiger partial charge in [-0.15, -0.1) is 10.2 Å². The molecule has 0 aliphatic carbocycles. The van der Waals surface area contributed by atoms with Crippen LogP contribution in [0.5, 0.6) is 0 Å². The van der Waals surface area contributed by atoms with E-state index in [0.29, 0.717) is 11.1 Å². The van der Waals surface area contributed by atoms with Crippen molar-refractivity contribution < 1.29 is 9.21 Å². The monoisotopic (exact) mass is 382 g/mol. The number of aromatic nitrogens is 2. The highest BCUT2D eigenvalue weighted by molar-refractivity contribution is 9.10. The number of amides is 1. The Labute approximate surface area is 140 Å². The first kappa shape index (κ1) is 15.5. The molecule has 0 saturated carbocycles. The van der Waals surface area contributed by atoms with Crippen molar-refractivity contribution in [2.45, 2.75) is 24.1 Å². The number of carbonyl (C=O) groups is 1. The van der Waals surface area contributed by atoms with E-state index in [1.165, 1.54) is 11.8 Å². The topological polar surface area (TPSA) is 80.1 Å². The van der Waals surface area contributed by atoms with E-state index in [9.17, 15) is 4.79 Å². The SMILES string of the molecule is O=C(CSc1nnc([C@H]2CCCN2)o1)Nc1ccc(Br)cc1. The molecule has 2 heterocycles. The van der Waals surface area contributed by atoms with Crippen molar-refractivity contribution in [2.24, 2.45) is 0 Å². The third-order valence-corrected chi connectivity index (χ3v) is 4.58. The lowest BCUT2D eigenvalue weighted by molar-refractivity contribution is -0.113. The molecule has 1 aliphatic heterocycles. The van der Waals surface area contributed by atoms with Gasteiger partial charge in [0.1, 0.15) is 0 Å². The van der Waals surface area contributed by atoms with E-state index < -0.39 is 0 Å². The molecule has 22 heavy (non-hydrogen) atoms. The van der Waals surface area contributed by atoms with Crippen molar-refractivity contribution in [1.82, 2.24) is 15.5 Å². The first-order chi connectivity index (χ1) is 10.7. The number of thioether (sulfide) groups is 1. The zero-order valence-electron chi connectivity index (χ0n) is 11.7. The Hall–Kier alpha value is -1.38. The summed E-state index contributed by atoms with van der Waals surface area (Å²) < 4.78 is 6.55. The molecule has 0 spiro atoms. The maximum Gasteiger partial charge on any atom is 0.277 e. The van der Waals surface area contributed by atoms with Crippen LogP contribution in [0, 0.1) is 0 Å². The molecule has 1 aromatic carbocycles. The van der Waals surface area contributed by atoms with Gasteiger partial charge in [0.25, 0.3) is 5.22 Å².